The van der Waals surface area contributed by atoms with Crippen LogP contribution in [0.15, 0.2) is 12.5 Å². The van der Waals surface area contributed by atoms with Crippen LogP contribution < -0.4 is 0 Å². The summed E-state index contributed by atoms with van der Waals surface area (Å²) in [6.07, 6.45) is 4.72. The van der Waals surface area contributed by atoms with Crippen molar-refractivity contribution < 1.29 is 19.4 Å². The molecule has 0 amide bonds. The van der Waals surface area contributed by atoms with Crippen molar-refractivity contribution in [3.8, 4) is 0 Å². The molecule has 0 aliphatic carbocycles. The minimum atomic E-state index is -1.05. The molecule has 0 aliphatic rings. The average Bonchev–Trinajstić information content (AvgIpc) is 2.38. The number of hydrogen-bond acceptors (Lipinski definition) is 5. The lowest BCUT2D eigenvalue weighted by Gasteiger charge is -2.06. The van der Waals surface area contributed by atoms with Gasteiger partial charge in [-0.2, -0.15) is 0 Å². The molecule has 100 valence electrons. The normalized spacial score (nSPS) is 10.5. The predicted octanol–water partition coefficient (Wildman–Crippen LogP) is 1.51. The van der Waals surface area contributed by atoms with Gasteiger partial charge >= 0.3 is 5.97 Å². The summed E-state index contributed by atoms with van der Waals surface area (Å²) in [7, 11) is 0. The summed E-state index contributed by atoms with van der Waals surface area (Å²) in [5, 5.41) is 8.91. The van der Waals surface area contributed by atoms with Crippen LogP contribution in [-0.4, -0.2) is 40.9 Å². The van der Waals surface area contributed by atoms with E-state index in [0.717, 1.165) is 19.4 Å². The molecule has 18 heavy (non-hydrogen) atoms. The lowest BCUT2D eigenvalue weighted by molar-refractivity contribution is 0.0378. The van der Waals surface area contributed by atoms with Crippen molar-refractivity contribution >= 4 is 5.97 Å². The van der Waals surface area contributed by atoms with Crippen molar-refractivity contribution in [2.45, 2.75) is 26.4 Å². The van der Waals surface area contributed by atoms with Crippen LogP contribution in [0.1, 0.15) is 35.8 Å². The van der Waals surface area contributed by atoms with Gasteiger partial charge in [0, 0.05) is 12.8 Å². The first-order valence-corrected chi connectivity index (χ1v) is 5.93. The highest BCUT2D eigenvalue weighted by Gasteiger charge is 2.10. The summed E-state index contributed by atoms with van der Waals surface area (Å²) in [6.45, 7) is 3.91. The first-order valence-electron chi connectivity index (χ1n) is 5.93. The second-order valence-corrected chi connectivity index (χ2v) is 3.71. The maximum atomic E-state index is 10.9. The maximum absolute atomic E-state index is 10.9. The van der Waals surface area contributed by atoms with E-state index < -0.39 is 5.97 Å². The minimum absolute atomic E-state index is 0.0735. The van der Waals surface area contributed by atoms with Gasteiger partial charge in [-0.15, -0.1) is 0 Å². The third kappa shape index (κ3) is 5.20. The molecule has 0 spiro atoms. The minimum Gasteiger partial charge on any atom is -0.478 e. The summed E-state index contributed by atoms with van der Waals surface area (Å²) in [4.78, 5) is 18.4. The van der Waals surface area contributed by atoms with Crippen LogP contribution in [0.2, 0.25) is 0 Å². The zero-order valence-corrected chi connectivity index (χ0v) is 10.5. The van der Waals surface area contributed by atoms with Crippen LogP contribution in [0.4, 0.5) is 0 Å². The molecule has 0 radical (unpaired) electrons. The van der Waals surface area contributed by atoms with E-state index >= 15 is 0 Å². The van der Waals surface area contributed by atoms with Gasteiger partial charge in [-0.05, 0) is 6.42 Å². The zero-order chi connectivity index (χ0) is 13.2. The summed E-state index contributed by atoms with van der Waals surface area (Å²) < 4.78 is 10.6. The van der Waals surface area contributed by atoms with Crippen molar-refractivity contribution in [1.29, 1.82) is 0 Å². The smallest absolute Gasteiger partial charge is 0.339 e. The van der Waals surface area contributed by atoms with Crippen LogP contribution in [0.25, 0.3) is 0 Å². The fourth-order valence-corrected chi connectivity index (χ4v) is 1.28. The zero-order valence-electron chi connectivity index (χ0n) is 10.5. The Hall–Kier alpha value is -1.53. The molecule has 0 unspecified atom stereocenters. The van der Waals surface area contributed by atoms with Crippen LogP contribution in [0.5, 0.6) is 0 Å². The Kier molecular flexibility index (Phi) is 6.90. The molecule has 0 saturated heterocycles. The number of ether oxygens (including phenoxy) is 2. The third-order valence-corrected chi connectivity index (χ3v) is 2.28. The number of nitrogens with zero attached hydrogens (tertiary/aromatic N) is 2. The third-order valence-electron chi connectivity index (χ3n) is 2.28. The number of aromatic nitrogens is 2. The lowest BCUT2D eigenvalue weighted by atomic mass is 10.2. The summed E-state index contributed by atoms with van der Waals surface area (Å²) in [6, 6.07) is 0. The van der Waals surface area contributed by atoms with Gasteiger partial charge < -0.3 is 14.6 Å². The average molecular weight is 254 g/mol. The van der Waals surface area contributed by atoms with Crippen LogP contribution in [-0.2, 0) is 16.1 Å². The van der Waals surface area contributed by atoms with E-state index in [2.05, 4.69) is 16.9 Å². The topological polar surface area (TPSA) is 81.5 Å². The molecule has 0 saturated carbocycles. The largest absolute Gasteiger partial charge is 0.478 e. The molecule has 1 N–H and O–H groups in total. The summed E-state index contributed by atoms with van der Waals surface area (Å²) >= 11 is 0. The Morgan fingerprint density at radius 2 is 2.11 bits per heavy atom. The highest BCUT2D eigenvalue weighted by atomic mass is 16.5. The van der Waals surface area contributed by atoms with Crippen molar-refractivity contribution in [3.63, 3.8) is 0 Å². The van der Waals surface area contributed by atoms with Gasteiger partial charge in [0.25, 0.3) is 0 Å². The number of rotatable bonds is 9. The number of carboxylic acids is 1. The van der Waals surface area contributed by atoms with Gasteiger partial charge in [0.05, 0.1) is 25.5 Å². The van der Waals surface area contributed by atoms with E-state index in [1.54, 1.807) is 0 Å². The number of aromatic carboxylic acids is 1. The molecule has 0 bridgehead atoms. The van der Waals surface area contributed by atoms with Crippen molar-refractivity contribution in [2.75, 3.05) is 19.8 Å². The van der Waals surface area contributed by atoms with E-state index in [1.807, 2.05) is 0 Å². The molecule has 0 atom stereocenters. The molecular formula is C12H18N2O4. The molecule has 1 heterocycles. The van der Waals surface area contributed by atoms with E-state index in [9.17, 15) is 4.79 Å². The molecule has 0 fully saturated rings. The number of carboxylic acid groups (broad SMARTS) is 1. The lowest BCUT2D eigenvalue weighted by Crippen LogP contribution is -2.10. The monoisotopic (exact) mass is 254 g/mol. The first-order chi connectivity index (χ1) is 8.75. The summed E-state index contributed by atoms with van der Waals surface area (Å²) in [5.74, 6) is -1.05. The highest BCUT2D eigenvalue weighted by Crippen LogP contribution is 2.05. The van der Waals surface area contributed by atoms with Crippen molar-refractivity contribution in [2.24, 2.45) is 0 Å². The van der Waals surface area contributed by atoms with Gasteiger partial charge in [-0.1, -0.05) is 13.3 Å². The standard InChI is InChI=1S/C12H18N2O4/c1-2-3-4-17-5-6-18-8-11-10(12(15)16)7-13-9-14-11/h7,9H,2-6,8H2,1H3,(H,15,16). The molecule has 1 aromatic rings. The molecule has 6 heteroatoms. The van der Waals surface area contributed by atoms with Gasteiger partial charge in [-0.3, -0.25) is 0 Å². The number of carbonyl (C=O) groups is 1. The molecule has 6 nitrogen and oxygen atoms in total. The highest BCUT2D eigenvalue weighted by molar-refractivity contribution is 5.88. The molecule has 1 rings (SSSR count). The number of hydrogen-bond donors (Lipinski definition) is 1. The molecular weight excluding hydrogens is 236 g/mol. The van der Waals surface area contributed by atoms with Gasteiger partial charge in [-0.25, -0.2) is 14.8 Å². The molecule has 0 aliphatic heterocycles. The Morgan fingerprint density at radius 1 is 1.33 bits per heavy atom. The van der Waals surface area contributed by atoms with Crippen LogP contribution in [0.3, 0.4) is 0 Å². The Labute approximate surface area is 106 Å². The van der Waals surface area contributed by atoms with Gasteiger partial charge in [0.15, 0.2) is 0 Å². The maximum Gasteiger partial charge on any atom is 0.339 e. The van der Waals surface area contributed by atoms with Crippen LogP contribution >= 0.6 is 0 Å². The van der Waals surface area contributed by atoms with E-state index in [0.29, 0.717) is 18.9 Å². The van der Waals surface area contributed by atoms with E-state index in [1.165, 1.54) is 12.5 Å². The molecule has 0 aromatic carbocycles. The fourth-order valence-electron chi connectivity index (χ4n) is 1.28. The van der Waals surface area contributed by atoms with Gasteiger partial charge in [0.1, 0.15) is 11.9 Å². The second kappa shape index (κ2) is 8.54. The first kappa shape index (κ1) is 14.5. The Balaban J connectivity index is 2.25. The second-order valence-electron chi connectivity index (χ2n) is 3.71. The van der Waals surface area contributed by atoms with E-state index in [-0.39, 0.29) is 12.2 Å². The Morgan fingerprint density at radius 3 is 2.83 bits per heavy atom. The Bertz CT molecular complexity index is 371. The number of unbranched alkanes of at least 4 members (excludes halogenated alkanes) is 1. The predicted molar refractivity (Wildman–Crippen MR) is 64.4 cm³/mol. The van der Waals surface area contributed by atoms with Crippen molar-refractivity contribution in [3.05, 3.63) is 23.8 Å². The summed E-state index contributed by atoms with van der Waals surface area (Å²) in [5.41, 5.74) is 0.454. The SMILES string of the molecule is CCCCOCCOCc1ncncc1C(=O)O. The van der Waals surface area contributed by atoms with Crippen molar-refractivity contribution in [1.82, 2.24) is 9.97 Å². The van der Waals surface area contributed by atoms with Crippen LogP contribution in [0, 0.1) is 0 Å². The van der Waals surface area contributed by atoms with E-state index in [4.69, 9.17) is 14.6 Å². The van der Waals surface area contributed by atoms with Gasteiger partial charge in [0.2, 0.25) is 0 Å². The molecule has 1 aromatic heterocycles. The quantitative estimate of drug-likeness (QED) is 0.673. The fraction of sp³-hybridized carbons (Fsp3) is 0.583.